The van der Waals surface area contributed by atoms with Gasteiger partial charge in [-0.3, -0.25) is 4.79 Å². The van der Waals surface area contributed by atoms with Crippen molar-refractivity contribution >= 4 is 34.2 Å². The van der Waals surface area contributed by atoms with Crippen LogP contribution in [0.4, 0.5) is 5.69 Å². The molecule has 0 aromatic heterocycles. The number of ether oxygens (including phenoxy) is 1. The number of anilines is 1. The Hall–Kier alpha value is -1.56. The van der Waals surface area contributed by atoms with E-state index in [1.165, 1.54) is 0 Å². The van der Waals surface area contributed by atoms with Gasteiger partial charge < -0.3 is 10.1 Å². The summed E-state index contributed by atoms with van der Waals surface area (Å²) in [4.78, 5) is 12.2. The molecule has 0 saturated carbocycles. The Morgan fingerprint density at radius 1 is 1.05 bits per heavy atom. The van der Waals surface area contributed by atoms with Crippen molar-refractivity contribution in [2.75, 3.05) is 5.32 Å². The predicted octanol–water partition coefficient (Wildman–Crippen LogP) is 4.82. The average molecular weight is 409 g/mol. The smallest absolute Gasteiger partial charge is 0.265 e. The maximum Gasteiger partial charge on any atom is 0.265 e. The molecule has 22 heavy (non-hydrogen) atoms. The van der Waals surface area contributed by atoms with Crippen LogP contribution in [0.25, 0.3) is 0 Å². The Morgan fingerprint density at radius 3 is 2.32 bits per heavy atom. The van der Waals surface area contributed by atoms with Crippen molar-refractivity contribution in [1.29, 1.82) is 0 Å². The molecule has 0 aliphatic heterocycles. The van der Waals surface area contributed by atoms with Gasteiger partial charge in [0, 0.05) is 9.26 Å². The van der Waals surface area contributed by atoms with E-state index in [1.54, 1.807) is 6.92 Å². The second kappa shape index (κ2) is 7.63. The number of para-hydroxylation sites is 1. The van der Waals surface area contributed by atoms with Crippen molar-refractivity contribution < 1.29 is 9.53 Å². The van der Waals surface area contributed by atoms with Crippen molar-refractivity contribution in [2.24, 2.45) is 0 Å². The highest BCUT2D eigenvalue weighted by Gasteiger charge is 2.17. The second-order valence-corrected chi connectivity index (χ2v) is 6.69. The minimum Gasteiger partial charge on any atom is -0.481 e. The quantitative estimate of drug-likeness (QED) is 0.720. The molecule has 1 N–H and O–H groups in total. The molecule has 0 aliphatic carbocycles. The van der Waals surface area contributed by atoms with Gasteiger partial charge in [0.1, 0.15) is 5.75 Å². The Kier molecular flexibility index (Phi) is 5.83. The van der Waals surface area contributed by atoms with E-state index < -0.39 is 6.10 Å². The summed E-state index contributed by atoms with van der Waals surface area (Å²) in [6, 6.07) is 15.5. The Bertz CT molecular complexity index is 638. The molecule has 3 nitrogen and oxygen atoms in total. The maximum absolute atomic E-state index is 12.2. The third-order valence-electron chi connectivity index (χ3n) is 3.33. The number of carbonyl (C=O) groups excluding carboxylic acids is 1. The van der Waals surface area contributed by atoms with E-state index in [9.17, 15) is 4.79 Å². The van der Waals surface area contributed by atoms with Crippen LogP contribution in [0.2, 0.25) is 0 Å². The lowest BCUT2D eigenvalue weighted by molar-refractivity contribution is -0.122. The first-order valence-electron chi connectivity index (χ1n) is 7.29. The van der Waals surface area contributed by atoms with Crippen LogP contribution in [0.5, 0.6) is 5.75 Å². The van der Waals surface area contributed by atoms with Gasteiger partial charge in [0.2, 0.25) is 0 Å². The van der Waals surface area contributed by atoms with Crippen molar-refractivity contribution in [2.45, 2.75) is 32.8 Å². The maximum atomic E-state index is 12.2. The fraction of sp³-hybridized carbons (Fsp3) is 0.278. The molecule has 0 aliphatic rings. The van der Waals surface area contributed by atoms with Gasteiger partial charge in [-0.2, -0.15) is 0 Å². The molecule has 0 bridgehead atoms. The summed E-state index contributed by atoms with van der Waals surface area (Å²) >= 11 is 2.23. The zero-order valence-corrected chi connectivity index (χ0v) is 15.1. The molecular formula is C18H20INO2. The molecule has 0 spiro atoms. The zero-order valence-electron chi connectivity index (χ0n) is 13.0. The Labute approximate surface area is 145 Å². The van der Waals surface area contributed by atoms with Crippen LogP contribution >= 0.6 is 22.6 Å². The van der Waals surface area contributed by atoms with Gasteiger partial charge in [0.25, 0.3) is 5.91 Å². The molecule has 1 amide bonds. The van der Waals surface area contributed by atoms with Crippen molar-refractivity contribution in [3.05, 3.63) is 57.7 Å². The first-order valence-corrected chi connectivity index (χ1v) is 8.37. The molecule has 4 heteroatoms. The van der Waals surface area contributed by atoms with Crippen LogP contribution in [0.1, 0.15) is 32.3 Å². The minimum atomic E-state index is -0.556. The summed E-state index contributed by atoms with van der Waals surface area (Å²) in [5.74, 6) is 0.963. The van der Waals surface area contributed by atoms with Crippen molar-refractivity contribution in [1.82, 2.24) is 0 Å². The summed E-state index contributed by atoms with van der Waals surface area (Å²) in [5.41, 5.74) is 1.88. The Balaban J connectivity index is 2.04. The Morgan fingerprint density at radius 2 is 1.68 bits per heavy atom. The lowest BCUT2D eigenvalue weighted by Crippen LogP contribution is -2.30. The van der Waals surface area contributed by atoms with Crippen LogP contribution in [-0.4, -0.2) is 12.0 Å². The highest BCUT2D eigenvalue weighted by atomic mass is 127. The lowest BCUT2D eigenvalue weighted by atomic mass is 10.0. The van der Waals surface area contributed by atoms with Gasteiger partial charge in [-0.05, 0) is 71.3 Å². The number of amides is 1. The topological polar surface area (TPSA) is 38.3 Å². The van der Waals surface area contributed by atoms with Crippen LogP contribution in [0.15, 0.2) is 48.5 Å². The average Bonchev–Trinajstić information content (AvgIpc) is 2.49. The minimum absolute atomic E-state index is 0.153. The standard InChI is InChI=1S/C18H20INO2/c1-12(2)16-6-4-5-7-17(16)22-13(3)18(21)20-15-10-8-14(19)9-11-15/h4-13H,1-3H3,(H,20,21)/t13-/m0/s1. The molecular weight excluding hydrogens is 389 g/mol. The van der Waals surface area contributed by atoms with E-state index in [0.29, 0.717) is 5.92 Å². The number of benzene rings is 2. The fourth-order valence-electron chi connectivity index (χ4n) is 2.09. The highest BCUT2D eigenvalue weighted by Crippen LogP contribution is 2.26. The summed E-state index contributed by atoms with van der Waals surface area (Å²) < 4.78 is 6.98. The summed E-state index contributed by atoms with van der Waals surface area (Å²) in [7, 11) is 0. The van der Waals surface area contributed by atoms with E-state index in [4.69, 9.17) is 4.74 Å². The third-order valence-corrected chi connectivity index (χ3v) is 4.04. The molecule has 0 heterocycles. The van der Waals surface area contributed by atoms with Crippen LogP contribution in [0.3, 0.4) is 0 Å². The van der Waals surface area contributed by atoms with Crippen LogP contribution < -0.4 is 10.1 Å². The number of halogens is 1. The first kappa shape index (κ1) is 16.8. The molecule has 0 radical (unpaired) electrons. The van der Waals surface area contributed by atoms with Gasteiger partial charge >= 0.3 is 0 Å². The van der Waals surface area contributed by atoms with Gasteiger partial charge in [0.05, 0.1) is 0 Å². The first-order chi connectivity index (χ1) is 10.5. The second-order valence-electron chi connectivity index (χ2n) is 5.45. The van der Waals surface area contributed by atoms with Gasteiger partial charge in [-0.15, -0.1) is 0 Å². The normalized spacial score (nSPS) is 12.0. The molecule has 2 rings (SSSR count). The van der Waals surface area contributed by atoms with Gasteiger partial charge in [0.15, 0.2) is 6.10 Å². The highest BCUT2D eigenvalue weighted by molar-refractivity contribution is 14.1. The van der Waals surface area contributed by atoms with E-state index in [0.717, 1.165) is 20.6 Å². The molecule has 1 atom stereocenters. The number of hydrogen-bond donors (Lipinski definition) is 1. The lowest BCUT2D eigenvalue weighted by Gasteiger charge is -2.18. The molecule has 0 unspecified atom stereocenters. The van der Waals surface area contributed by atoms with E-state index >= 15 is 0 Å². The number of hydrogen-bond acceptors (Lipinski definition) is 2. The number of rotatable bonds is 5. The summed E-state index contributed by atoms with van der Waals surface area (Å²) in [6.07, 6.45) is -0.556. The molecule has 0 saturated heterocycles. The monoisotopic (exact) mass is 409 g/mol. The van der Waals surface area contributed by atoms with Crippen molar-refractivity contribution in [3.8, 4) is 5.75 Å². The van der Waals surface area contributed by atoms with E-state index in [2.05, 4.69) is 41.8 Å². The fourth-order valence-corrected chi connectivity index (χ4v) is 2.45. The SMILES string of the molecule is CC(C)c1ccccc1O[C@@H](C)C(=O)Nc1ccc(I)cc1. The predicted molar refractivity (Wildman–Crippen MR) is 98.4 cm³/mol. The largest absolute Gasteiger partial charge is 0.481 e. The molecule has 2 aromatic carbocycles. The summed E-state index contributed by atoms with van der Waals surface area (Å²) in [5, 5.41) is 2.87. The van der Waals surface area contributed by atoms with Gasteiger partial charge in [-0.1, -0.05) is 32.0 Å². The zero-order chi connectivity index (χ0) is 16.1. The molecule has 0 fully saturated rings. The number of nitrogens with one attached hydrogen (secondary N) is 1. The van der Waals surface area contributed by atoms with Crippen LogP contribution in [0, 0.1) is 3.57 Å². The van der Waals surface area contributed by atoms with E-state index in [-0.39, 0.29) is 5.91 Å². The van der Waals surface area contributed by atoms with Crippen molar-refractivity contribution in [3.63, 3.8) is 0 Å². The summed E-state index contributed by atoms with van der Waals surface area (Å²) in [6.45, 7) is 5.98. The van der Waals surface area contributed by atoms with Crippen LogP contribution in [-0.2, 0) is 4.79 Å². The van der Waals surface area contributed by atoms with Gasteiger partial charge in [-0.25, -0.2) is 0 Å². The molecule has 116 valence electrons. The van der Waals surface area contributed by atoms with E-state index in [1.807, 2.05) is 48.5 Å². The number of carbonyl (C=O) groups is 1. The molecule has 2 aromatic rings. The third kappa shape index (κ3) is 4.47.